The van der Waals surface area contributed by atoms with Crippen molar-refractivity contribution in [1.29, 1.82) is 0 Å². The lowest BCUT2D eigenvalue weighted by Gasteiger charge is -2.37. The number of fused-ring (bicyclic) bond motifs is 1. The number of piperidine rings is 1. The van der Waals surface area contributed by atoms with Crippen LogP contribution in [0, 0.1) is 11.7 Å². The van der Waals surface area contributed by atoms with Crippen molar-refractivity contribution in [1.82, 2.24) is 9.97 Å². The van der Waals surface area contributed by atoms with E-state index in [0.29, 0.717) is 30.0 Å². The monoisotopic (exact) mass is 445 g/mol. The number of hydrogen-bond acceptors (Lipinski definition) is 5. The van der Waals surface area contributed by atoms with E-state index in [2.05, 4.69) is 33.2 Å². The third kappa shape index (κ3) is 4.59. The highest BCUT2D eigenvalue weighted by Gasteiger charge is 2.24. The summed E-state index contributed by atoms with van der Waals surface area (Å²) >= 11 is 0. The van der Waals surface area contributed by atoms with Crippen molar-refractivity contribution in [2.24, 2.45) is 11.7 Å². The summed E-state index contributed by atoms with van der Waals surface area (Å²) in [7, 11) is 0. The number of hydrogen-bond donors (Lipinski definition) is 2. The molecule has 3 N–H and O–H groups in total. The Hall–Kier alpha value is -3.32. The van der Waals surface area contributed by atoms with Gasteiger partial charge in [-0.25, -0.2) is 9.37 Å². The first-order valence-electron chi connectivity index (χ1n) is 11.5. The molecule has 2 aliphatic rings. The van der Waals surface area contributed by atoms with Gasteiger partial charge in [-0.15, -0.1) is 0 Å². The maximum Gasteiger partial charge on any atom is 0.228 e. The molecule has 7 heteroatoms. The largest absolute Gasteiger partial charge is 0.369 e. The quantitative estimate of drug-likeness (QED) is 0.625. The van der Waals surface area contributed by atoms with E-state index in [1.165, 1.54) is 11.8 Å². The first-order valence-corrected chi connectivity index (χ1v) is 11.5. The normalized spacial score (nSPS) is 20.0. The van der Waals surface area contributed by atoms with Crippen LogP contribution in [0.25, 0.3) is 11.3 Å². The van der Waals surface area contributed by atoms with Crippen LogP contribution >= 0.6 is 0 Å². The Morgan fingerprint density at radius 3 is 2.91 bits per heavy atom. The Kier molecular flexibility index (Phi) is 5.81. The minimum atomic E-state index is -0.374. The summed E-state index contributed by atoms with van der Waals surface area (Å²) in [5, 5.41) is 2.82. The number of aryl methyl sites for hydroxylation is 2. The summed E-state index contributed by atoms with van der Waals surface area (Å²) in [5.41, 5.74) is 12.0. The highest BCUT2D eigenvalue weighted by Crippen LogP contribution is 2.31. The van der Waals surface area contributed by atoms with Crippen molar-refractivity contribution in [3.63, 3.8) is 0 Å². The summed E-state index contributed by atoms with van der Waals surface area (Å²) in [6, 6.07) is 10.9. The van der Waals surface area contributed by atoms with Crippen LogP contribution in [0.4, 0.5) is 15.8 Å². The lowest BCUT2D eigenvalue weighted by molar-refractivity contribution is -0.115. The summed E-state index contributed by atoms with van der Waals surface area (Å²) in [4.78, 5) is 23.0. The Morgan fingerprint density at radius 2 is 2.06 bits per heavy atom. The van der Waals surface area contributed by atoms with E-state index in [4.69, 9.17) is 5.73 Å². The number of aromatic nitrogens is 2. The number of nitrogens with zero attached hydrogens (tertiary/aromatic N) is 3. The van der Waals surface area contributed by atoms with Crippen LogP contribution in [0.15, 0.2) is 48.8 Å². The number of nitrogens with one attached hydrogen (secondary N) is 1. The fourth-order valence-corrected chi connectivity index (χ4v) is 4.97. The number of carbonyl (C=O) groups excluding carboxylic acids is 1. The molecule has 1 fully saturated rings. The maximum atomic E-state index is 14.6. The predicted octanol–water partition coefficient (Wildman–Crippen LogP) is 3.74. The molecule has 170 valence electrons. The van der Waals surface area contributed by atoms with Gasteiger partial charge < -0.3 is 16.0 Å². The van der Waals surface area contributed by atoms with Gasteiger partial charge in [0.1, 0.15) is 11.5 Å². The van der Waals surface area contributed by atoms with Gasteiger partial charge in [-0.3, -0.25) is 9.78 Å². The molecule has 0 unspecified atom stereocenters. The van der Waals surface area contributed by atoms with Gasteiger partial charge >= 0.3 is 0 Å². The highest BCUT2D eigenvalue weighted by atomic mass is 19.1. The molecule has 0 saturated carbocycles. The molecule has 2 aromatic heterocycles. The van der Waals surface area contributed by atoms with Gasteiger partial charge in [-0.05, 0) is 60.6 Å². The van der Waals surface area contributed by atoms with Crippen LogP contribution in [-0.2, 0) is 24.1 Å². The van der Waals surface area contributed by atoms with Crippen molar-refractivity contribution < 1.29 is 9.18 Å². The van der Waals surface area contributed by atoms with Crippen molar-refractivity contribution in [3.8, 4) is 11.3 Å². The SMILES string of the molecule is C[C@@H]1C[C@H](N)CN(c2ccncc2CCc2ccc(F)c(-c3ccc4c(c3)NC(=O)C4)n2)C1. The molecule has 33 heavy (non-hydrogen) atoms. The third-order valence-corrected chi connectivity index (χ3v) is 6.47. The van der Waals surface area contributed by atoms with Crippen molar-refractivity contribution in [3.05, 3.63) is 71.4 Å². The van der Waals surface area contributed by atoms with Crippen LogP contribution in [-0.4, -0.2) is 35.0 Å². The van der Waals surface area contributed by atoms with E-state index < -0.39 is 0 Å². The Balaban J connectivity index is 1.36. The van der Waals surface area contributed by atoms with E-state index in [0.717, 1.165) is 48.4 Å². The van der Waals surface area contributed by atoms with Gasteiger partial charge in [0.15, 0.2) is 0 Å². The molecule has 4 heterocycles. The van der Waals surface area contributed by atoms with Crippen LogP contribution in [0.1, 0.15) is 30.2 Å². The van der Waals surface area contributed by atoms with Crippen LogP contribution in [0.2, 0.25) is 0 Å². The first-order chi connectivity index (χ1) is 16.0. The van der Waals surface area contributed by atoms with Crippen LogP contribution in [0.5, 0.6) is 0 Å². The summed E-state index contributed by atoms with van der Waals surface area (Å²) in [6.45, 7) is 4.06. The number of halogens is 1. The average Bonchev–Trinajstić information content (AvgIpc) is 3.17. The van der Waals surface area contributed by atoms with Crippen molar-refractivity contribution in [2.45, 2.75) is 38.6 Å². The number of benzene rings is 1. The van der Waals surface area contributed by atoms with Gasteiger partial charge in [-0.1, -0.05) is 19.1 Å². The molecule has 1 aromatic carbocycles. The van der Waals surface area contributed by atoms with Crippen LogP contribution < -0.4 is 16.0 Å². The summed E-state index contributed by atoms with van der Waals surface area (Å²) < 4.78 is 14.6. The Bertz CT molecular complexity index is 1190. The molecule has 3 aromatic rings. The molecule has 0 radical (unpaired) electrons. The second-order valence-corrected chi connectivity index (χ2v) is 9.24. The standard InChI is InChI=1S/C26H28FN5O/c1-16-10-20(28)15-32(14-16)24-8-9-29-13-19(24)4-5-21-6-7-22(27)26(30-21)18-3-2-17-12-25(33)31-23(17)11-18/h2-3,6-9,11,13,16,20H,4-5,10,12,14-15,28H2,1H3,(H,31,33)/t16-,20+/m1/s1. The molecular weight excluding hydrogens is 417 g/mol. The first kappa shape index (κ1) is 21.5. The lowest BCUT2D eigenvalue weighted by atomic mass is 9.95. The Morgan fingerprint density at radius 1 is 1.18 bits per heavy atom. The zero-order chi connectivity index (χ0) is 22.9. The molecule has 2 atom stereocenters. The highest BCUT2D eigenvalue weighted by molar-refractivity contribution is 5.99. The zero-order valence-electron chi connectivity index (χ0n) is 18.7. The number of pyridine rings is 2. The fourth-order valence-electron chi connectivity index (χ4n) is 4.97. The Labute approximate surface area is 193 Å². The molecule has 1 amide bonds. The molecule has 0 aliphatic carbocycles. The van der Waals surface area contributed by atoms with Gasteiger partial charge in [0.25, 0.3) is 0 Å². The smallest absolute Gasteiger partial charge is 0.228 e. The number of amides is 1. The van der Waals surface area contributed by atoms with Gasteiger partial charge in [-0.2, -0.15) is 0 Å². The van der Waals surface area contributed by atoms with Crippen LogP contribution in [0.3, 0.4) is 0 Å². The average molecular weight is 446 g/mol. The zero-order valence-corrected chi connectivity index (χ0v) is 18.7. The maximum absolute atomic E-state index is 14.6. The van der Waals surface area contributed by atoms with Gasteiger partial charge in [0, 0.05) is 54.2 Å². The molecule has 1 saturated heterocycles. The number of rotatable bonds is 5. The minimum Gasteiger partial charge on any atom is -0.369 e. The van der Waals surface area contributed by atoms with E-state index in [1.807, 2.05) is 24.5 Å². The molecule has 0 bridgehead atoms. The van der Waals surface area contributed by atoms with E-state index >= 15 is 0 Å². The number of carbonyl (C=O) groups is 1. The number of anilines is 2. The minimum absolute atomic E-state index is 0.0411. The number of nitrogens with two attached hydrogens (primary N) is 1. The van der Waals surface area contributed by atoms with Crippen molar-refractivity contribution in [2.75, 3.05) is 23.3 Å². The topological polar surface area (TPSA) is 84.1 Å². The molecule has 5 rings (SSSR count). The molecule has 0 spiro atoms. The van der Waals surface area contributed by atoms with E-state index in [-0.39, 0.29) is 17.8 Å². The molecular formula is C26H28FN5O. The third-order valence-electron chi connectivity index (χ3n) is 6.47. The fraction of sp³-hybridized carbons (Fsp3) is 0.346. The molecule has 6 nitrogen and oxygen atoms in total. The lowest BCUT2D eigenvalue weighted by Crippen LogP contribution is -2.46. The van der Waals surface area contributed by atoms with E-state index in [9.17, 15) is 9.18 Å². The van der Waals surface area contributed by atoms with Crippen molar-refractivity contribution >= 4 is 17.3 Å². The second-order valence-electron chi connectivity index (χ2n) is 9.24. The summed E-state index contributed by atoms with van der Waals surface area (Å²) in [6.07, 6.45) is 6.56. The van der Waals surface area contributed by atoms with E-state index in [1.54, 1.807) is 12.1 Å². The molecule has 2 aliphatic heterocycles. The van der Waals surface area contributed by atoms with Gasteiger partial charge in [0.05, 0.1) is 6.42 Å². The second kappa shape index (κ2) is 8.90. The summed E-state index contributed by atoms with van der Waals surface area (Å²) in [5.74, 6) is 0.134. The predicted molar refractivity (Wildman–Crippen MR) is 128 cm³/mol. The van der Waals surface area contributed by atoms with Gasteiger partial charge in [0.2, 0.25) is 5.91 Å².